The van der Waals surface area contributed by atoms with Crippen LogP contribution in [0.4, 0.5) is 13.2 Å². The highest BCUT2D eigenvalue weighted by Gasteiger charge is 2.22. The fourth-order valence-corrected chi connectivity index (χ4v) is 4.84. The zero-order valence-electron chi connectivity index (χ0n) is 19.8. The van der Waals surface area contributed by atoms with E-state index in [1.807, 2.05) is 19.1 Å². The molecule has 0 N–H and O–H groups in total. The van der Waals surface area contributed by atoms with Gasteiger partial charge in [-0.2, -0.15) is 4.39 Å². The molecular formula is C30H31F3O. The maximum absolute atomic E-state index is 15.0. The quantitative estimate of drug-likeness (QED) is 0.317. The Hall–Kier alpha value is -3.01. The lowest BCUT2D eigenvalue weighted by molar-refractivity contribution is 0.295. The minimum Gasteiger partial charge on any atom is -0.490 e. The van der Waals surface area contributed by atoms with Crippen LogP contribution in [0.3, 0.4) is 0 Å². The maximum atomic E-state index is 15.0. The van der Waals surface area contributed by atoms with Crippen LogP contribution in [-0.4, -0.2) is 6.61 Å². The molecule has 0 heterocycles. The molecule has 3 aromatic rings. The van der Waals surface area contributed by atoms with E-state index >= 15 is 4.39 Å². The first-order valence-electron chi connectivity index (χ1n) is 12.2. The van der Waals surface area contributed by atoms with Gasteiger partial charge in [-0.3, -0.25) is 0 Å². The van der Waals surface area contributed by atoms with E-state index in [4.69, 9.17) is 4.74 Å². The summed E-state index contributed by atoms with van der Waals surface area (Å²) in [6.07, 6.45) is 9.54. The topological polar surface area (TPSA) is 9.23 Å². The SMILES string of the molecule is CC=CC1CCC(c2ccc(-c3ccc(-c4ccc(OCCC)c(F)c4F)cc3)c(F)c2)CC1. The molecule has 4 rings (SSSR count). The van der Waals surface area contributed by atoms with Crippen molar-refractivity contribution in [3.8, 4) is 28.0 Å². The van der Waals surface area contributed by atoms with Crippen molar-refractivity contribution in [2.45, 2.75) is 51.9 Å². The Bertz CT molecular complexity index is 1140. The summed E-state index contributed by atoms with van der Waals surface area (Å²) < 4.78 is 49.3. The van der Waals surface area contributed by atoms with Gasteiger partial charge in [0, 0.05) is 11.1 Å². The van der Waals surface area contributed by atoms with Crippen LogP contribution in [0.2, 0.25) is 0 Å². The Balaban J connectivity index is 1.51. The summed E-state index contributed by atoms with van der Waals surface area (Å²) in [5.41, 5.74) is 2.94. The van der Waals surface area contributed by atoms with E-state index in [1.54, 1.807) is 30.3 Å². The van der Waals surface area contributed by atoms with E-state index in [1.165, 1.54) is 12.1 Å². The lowest BCUT2D eigenvalue weighted by Gasteiger charge is -2.27. The maximum Gasteiger partial charge on any atom is 0.201 e. The zero-order valence-corrected chi connectivity index (χ0v) is 19.8. The van der Waals surface area contributed by atoms with Crippen molar-refractivity contribution in [1.29, 1.82) is 0 Å². The third-order valence-corrected chi connectivity index (χ3v) is 6.72. The van der Waals surface area contributed by atoms with Gasteiger partial charge in [0.05, 0.1) is 6.61 Å². The molecule has 0 saturated heterocycles. The minimum atomic E-state index is -0.989. The van der Waals surface area contributed by atoms with Crippen LogP contribution >= 0.6 is 0 Å². The summed E-state index contributed by atoms with van der Waals surface area (Å²) in [5.74, 6) is -1.23. The highest BCUT2D eigenvalue weighted by Crippen LogP contribution is 2.38. The van der Waals surface area contributed by atoms with E-state index in [-0.39, 0.29) is 17.1 Å². The van der Waals surface area contributed by atoms with Gasteiger partial charge in [0.1, 0.15) is 5.82 Å². The molecule has 0 radical (unpaired) electrons. The standard InChI is InChI=1S/C30H31F3O/c1-3-5-20-6-8-21(9-7-20)24-14-15-25(27(31)19-24)22-10-12-23(13-11-22)26-16-17-28(34-18-4-2)30(33)29(26)32/h3,5,10-17,19-21H,4,6-9,18H2,1-2H3. The second-order valence-corrected chi connectivity index (χ2v) is 9.04. The van der Waals surface area contributed by atoms with Crippen molar-refractivity contribution in [2.75, 3.05) is 6.61 Å². The van der Waals surface area contributed by atoms with Gasteiger partial charge in [-0.15, -0.1) is 0 Å². The van der Waals surface area contributed by atoms with Crippen LogP contribution in [-0.2, 0) is 0 Å². The fourth-order valence-electron chi connectivity index (χ4n) is 4.84. The van der Waals surface area contributed by atoms with Gasteiger partial charge < -0.3 is 4.74 Å². The van der Waals surface area contributed by atoms with Crippen LogP contribution in [0.5, 0.6) is 5.75 Å². The Morgan fingerprint density at radius 3 is 2.09 bits per heavy atom. The van der Waals surface area contributed by atoms with Crippen molar-refractivity contribution < 1.29 is 17.9 Å². The van der Waals surface area contributed by atoms with Gasteiger partial charge in [0.2, 0.25) is 5.82 Å². The molecule has 1 aliphatic rings. The lowest BCUT2D eigenvalue weighted by atomic mass is 9.78. The second kappa shape index (κ2) is 10.9. The van der Waals surface area contributed by atoms with E-state index in [0.29, 0.717) is 41.6 Å². The fraction of sp³-hybridized carbons (Fsp3) is 0.333. The van der Waals surface area contributed by atoms with Crippen molar-refractivity contribution in [3.63, 3.8) is 0 Å². The molecule has 3 aromatic carbocycles. The summed E-state index contributed by atoms with van der Waals surface area (Å²) in [5, 5.41) is 0. The molecule has 178 valence electrons. The molecule has 0 unspecified atom stereocenters. The van der Waals surface area contributed by atoms with Gasteiger partial charge in [-0.05, 0) is 85.8 Å². The molecule has 1 aliphatic carbocycles. The van der Waals surface area contributed by atoms with Crippen molar-refractivity contribution in [2.24, 2.45) is 5.92 Å². The highest BCUT2D eigenvalue weighted by molar-refractivity contribution is 5.71. The van der Waals surface area contributed by atoms with Gasteiger partial charge in [-0.25, -0.2) is 8.78 Å². The third kappa shape index (κ3) is 5.22. The molecule has 0 spiro atoms. The van der Waals surface area contributed by atoms with Gasteiger partial charge in [-0.1, -0.05) is 55.5 Å². The summed E-state index contributed by atoms with van der Waals surface area (Å²) >= 11 is 0. The smallest absolute Gasteiger partial charge is 0.201 e. The van der Waals surface area contributed by atoms with E-state index in [0.717, 1.165) is 31.2 Å². The molecule has 34 heavy (non-hydrogen) atoms. The first kappa shape index (κ1) is 24.1. The zero-order chi connectivity index (χ0) is 24.1. The molecule has 0 aromatic heterocycles. The number of rotatable bonds is 7. The number of hydrogen-bond donors (Lipinski definition) is 0. The summed E-state index contributed by atoms with van der Waals surface area (Å²) in [6, 6.07) is 15.3. The van der Waals surface area contributed by atoms with Gasteiger partial charge in [0.15, 0.2) is 11.6 Å². The van der Waals surface area contributed by atoms with Gasteiger partial charge >= 0.3 is 0 Å². The van der Waals surface area contributed by atoms with Crippen molar-refractivity contribution in [1.82, 2.24) is 0 Å². The average Bonchev–Trinajstić information content (AvgIpc) is 2.86. The van der Waals surface area contributed by atoms with Gasteiger partial charge in [0.25, 0.3) is 0 Å². The number of hydrogen-bond acceptors (Lipinski definition) is 1. The Labute approximate surface area is 200 Å². The Kier molecular flexibility index (Phi) is 7.77. The minimum absolute atomic E-state index is 0.0859. The summed E-state index contributed by atoms with van der Waals surface area (Å²) in [6.45, 7) is 4.28. The molecule has 1 saturated carbocycles. The monoisotopic (exact) mass is 464 g/mol. The molecular weight excluding hydrogens is 433 g/mol. The molecule has 4 heteroatoms. The van der Waals surface area contributed by atoms with Crippen molar-refractivity contribution in [3.05, 3.63) is 89.8 Å². The predicted octanol–water partition coefficient (Wildman–Crippen LogP) is 9.08. The van der Waals surface area contributed by atoms with E-state index < -0.39 is 11.6 Å². The first-order chi connectivity index (χ1) is 16.5. The van der Waals surface area contributed by atoms with Crippen molar-refractivity contribution >= 4 is 0 Å². The average molecular weight is 465 g/mol. The highest BCUT2D eigenvalue weighted by atomic mass is 19.2. The van der Waals surface area contributed by atoms with E-state index in [9.17, 15) is 8.78 Å². The lowest BCUT2D eigenvalue weighted by Crippen LogP contribution is -2.12. The van der Waals surface area contributed by atoms with Crippen LogP contribution in [0, 0.1) is 23.4 Å². The molecule has 0 bridgehead atoms. The summed E-state index contributed by atoms with van der Waals surface area (Å²) in [7, 11) is 0. The molecule has 1 nitrogen and oxygen atoms in total. The third-order valence-electron chi connectivity index (χ3n) is 6.72. The molecule has 0 aliphatic heterocycles. The van der Waals surface area contributed by atoms with Crippen LogP contribution in [0.1, 0.15) is 57.4 Å². The van der Waals surface area contributed by atoms with Crippen LogP contribution in [0.15, 0.2) is 66.7 Å². The van der Waals surface area contributed by atoms with Crippen LogP contribution in [0.25, 0.3) is 22.3 Å². The summed E-state index contributed by atoms with van der Waals surface area (Å²) in [4.78, 5) is 0. The normalized spacial score (nSPS) is 18.4. The number of ether oxygens (including phenoxy) is 1. The van der Waals surface area contributed by atoms with Crippen LogP contribution < -0.4 is 4.74 Å². The number of allylic oxidation sites excluding steroid dienone is 2. The molecule has 0 atom stereocenters. The molecule has 1 fully saturated rings. The van der Waals surface area contributed by atoms with E-state index in [2.05, 4.69) is 19.1 Å². The Morgan fingerprint density at radius 1 is 0.824 bits per heavy atom. The molecule has 0 amide bonds. The Morgan fingerprint density at radius 2 is 1.47 bits per heavy atom. The number of benzene rings is 3. The first-order valence-corrected chi connectivity index (χ1v) is 12.2. The second-order valence-electron chi connectivity index (χ2n) is 9.04. The largest absolute Gasteiger partial charge is 0.490 e. The predicted molar refractivity (Wildman–Crippen MR) is 132 cm³/mol. The number of halogens is 3.